The van der Waals surface area contributed by atoms with Gasteiger partial charge in [0.1, 0.15) is 0 Å². The van der Waals surface area contributed by atoms with E-state index in [1.165, 1.54) is 11.8 Å². The summed E-state index contributed by atoms with van der Waals surface area (Å²) < 4.78 is 23.2. The van der Waals surface area contributed by atoms with Gasteiger partial charge in [0, 0.05) is 36.4 Å². The predicted octanol–water partition coefficient (Wildman–Crippen LogP) is 4.51. The quantitative estimate of drug-likeness (QED) is 0.252. The Hall–Kier alpha value is -3.89. The molecule has 38 heavy (non-hydrogen) atoms. The molecule has 9 nitrogen and oxygen atoms in total. The fourth-order valence-electron chi connectivity index (χ4n) is 4.23. The van der Waals surface area contributed by atoms with Gasteiger partial charge in [0.25, 0.3) is 5.56 Å². The van der Waals surface area contributed by atoms with Crippen molar-refractivity contribution in [1.29, 1.82) is 0 Å². The molecule has 194 valence electrons. The van der Waals surface area contributed by atoms with Crippen LogP contribution in [0.5, 0.6) is 23.0 Å². The number of nitrogens with one attached hydrogen (secondary N) is 1. The van der Waals surface area contributed by atoms with Gasteiger partial charge >= 0.3 is 0 Å². The van der Waals surface area contributed by atoms with E-state index < -0.39 is 0 Å². The van der Waals surface area contributed by atoms with Crippen molar-refractivity contribution >= 4 is 40.2 Å². The second kappa shape index (κ2) is 10.5. The van der Waals surface area contributed by atoms with Crippen LogP contribution in [0.1, 0.15) is 17.5 Å². The molecule has 0 saturated heterocycles. The summed E-state index contributed by atoms with van der Waals surface area (Å²) in [5.41, 5.74) is 2.15. The number of ether oxygens (including phenoxy) is 4. The predicted molar refractivity (Wildman–Crippen MR) is 142 cm³/mol. The van der Waals surface area contributed by atoms with Gasteiger partial charge in [0.05, 0.1) is 10.9 Å². The maximum Gasteiger partial charge on any atom is 0.262 e. The third-order valence-electron chi connectivity index (χ3n) is 6.16. The standard InChI is InChI=1S/C27H22ClN3O6S/c28-18-3-1-2-17(8-18)13-38-27-30-20-11-24-23(36-15-37-24)10-19(20)26(33)31(27)7-6-25(32)29-12-16-4-5-21-22(9-16)35-14-34-21/h1-5,8-11H,6-7,12-15H2,(H,29,32). The molecular weight excluding hydrogens is 530 g/mol. The summed E-state index contributed by atoms with van der Waals surface area (Å²) in [6, 6.07) is 16.4. The fraction of sp³-hybridized carbons (Fsp3) is 0.222. The molecule has 2 aliphatic heterocycles. The highest BCUT2D eigenvalue weighted by Crippen LogP contribution is 2.35. The molecule has 0 fully saturated rings. The van der Waals surface area contributed by atoms with Crippen LogP contribution in [0.3, 0.4) is 0 Å². The molecule has 0 saturated carbocycles. The molecule has 11 heteroatoms. The van der Waals surface area contributed by atoms with E-state index in [9.17, 15) is 9.59 Å². The topological polar surface area (TPSA) is 101 Å². The number of fused-ring (bicyclic) bond motifs is 3. The number of aromatic nitrogens is 2. The van der Waals surface area contributed by atoms with Crippen molar-refractivity contribution in [2.24, 2.45) is 0 Å². The number of amides is 1. The lowest BCUT2D eigenvalue weighted by molar-refractivity contribution is -0.121. The molecule has 6 rings (SSSR count). The largest absolute Gasteiger partial charge is 0.454 e. The molecule has 0 bridgehead atoms. The molecule has 3 aromatic carbocycles. The number of hydrogen-bond donors (Lipinski definition) is 1. The average Bonchev–Trinajstić information content (AvgIpc) is 3.58. The van der Waals surface area contributed by atoms with Crippen LogP contribution in [0.2, 0.25) is 5.02 Å². The van der Waals surface area contributed by atoms with Crippen molar-refractivity contribution in [2.75, 3.05) is 13.6 Å². The second-order valence-electron chi connectivity index (χ2n) is 8.71. The van der Waals surface area contributed by atoms with Gasteiger partial charge < -0.3 is 24.3 Å². The molecular formula is C27H22ClN3O6S. The number of benzene rings is 3. The lowest BCUT2D eigenvalue weighted by atomic mass is 10.2. The molecule has 4 aromatic rings. The van der Waals surface area contributed by atoms with E-state index in [1.54, 1.807) is 16.7 Å². The summed E-state index contributed by atoms with van der Waals surface area (Å²) in [5, 5.41) is 4.45. The Morgan fingerprint density at radius 3 is 2.53 bits per heavy atom. The van der Waals surface area contributed by atoms with Crippen molar-refractivity contribution in [3.8, 4) is 23.0 Å². The Morgan fingerprint density at radius 2 is 1.71 bits per heavy atom. The van der Waals surface area contributed by atoms with Crippen LogP contribution in [0.15, 0.2) is 64.5 Å². The normalized spacial score (nSPS) is 13.2. The zero-order valence-corrected chi connectivity index (χ0v) is 21.6. The molecule has 0 unspecified atom stereocenters. The van der Waals surface area contributed by atoms with Crippen molar-refractivity contribution in [3.63, 3.8) is 0 Å². The van der Waals surface area contributed by atoms with Crippen molar-refractivity contribution < 1.29 is 23.7 Å². The highest BCUT2D eigenvalue weighted by atomic mass is 35.5. The number of halogens is 1. The maximum absolute atomic E-state index is 13.5. The molecule has 0 radical (unpaired) electrons. The zero-order valence-electron chi connectivity index (χ0n) is 20.1. The van der Waals surface area contributed by atoms with E-state index in [0.717, 1.165) is 11.1 Å². The Balaban J connectivity index is 1.21. The Morgan fingerprint density at radius 1 is 0.947 bits per heavy atom. The average molecular weight is 552 g/mol. The first-order valence-electron chi connectivity index (χ1n) is 11.9. The summed E-state index contributed by atoms with van der Waals surface area (Å²) >= 11 is 7.55. The van der Waals surface area contributed by atoms with Crippen LogP contribution < -0.4 is 29.8 Å². The summed E-state index contributed by atoms with van der Waals surface area (Å²) in [6.45, 7) is 0.792. The lowest BCUT2D eigenvalue weighted by Gasteiger charge is -2.14. The molecule has 3 heterocycles. The van der Waals surface area contributed by atoms with Crippen LogP contribution in [0.25, 0.3) is 10.9 Å². The maximum atomic E-state index is 13.5. The highest BCUT2D eigenvalue weighted by Gasteiger charge is 2.20. The first kappa shape index (κ1) is 24.4. The minimum atomic E-state index is -0.245. The highest BCUT2D eigenvalue weighted by molar-refractivity contribution is 7.98. The van der Waals surface area contributed by atoms with Gasteiger partial charge in [-0.2, -0.15) is 0 Å². The second-order valence-corrected chi connectivity index (χ2v) is 10.1. The van der Waals surface area contributed by atoms with Gasteiger partial charge in [0.15, 0.2) is 28.2 Å². The molecule has 0 spiro atoms. The molecule has 0 atom stereocenters. The van der Waals surface area contributed by atoms with E-state index in [0.29, 0.717) is 56.4 Å². The van der Waals surface area contributed by atoms with Gasteiger partial charge in [0.2, 0.25) is 19.5 Å². The third kappa shape index (κ3) is 5.09. The Labute approximate surface area is 226 Å². The number of thioether (sulfide) groups is 1. The van der Waals surface area contributed by atoms with Crippen LogP contribution >= 0.6 is 23.4 Å². The van der Waals surface area contributed by atoms with Crippen LogP contribution in [-0.2, 0) is 23.6 Å². The van der Waals surface area contributed by atoms with E-state index in [2.05, 4.69) is 5.32 Å². The minimum Gasteiger partial charge on any atom is -0.454 e. The van der Waals surface area contributed by atoms with Gasteiger partial charge in [-0.3, -0.25) is 14.2 Å². The number of carbonyl (C=O) groups excluding carboxylic acids is 1. The zero-order chi connectivity index (χ0) is 26.1. The number of nitrogens with zero attached hydrogens (tertiary/aromatic N) is 2. The lowest BCUT2D eigenvalue weighted by Crippen LogP contribution is -2.28. The Bertz CT molecular complexity index is 1610. The van der Waals surface area contributed by atoms with Gasteiger partial charge in [-0.25, -0.2) is 4.98 Å². The molecule has 1 amide bonds. The molecule has 2 aliphatic rings. The third-order valence-corrected chi connectivity index (χ3v) is 7.44. The van der Waals surface area contributed by atoms with Crippen molar-refractivity contribution in [3.05, 3.63) is 81.1 Å². The van der Waals surface area contributed by atoms with Crippen LogP contribution in [-0.4, -0.2) is 29.0 Å². The van der Waals surface area contributed by atoms with Crippen LogP contribution in [0, 0.1) is 0 Å². The smallest absolute Gasteiger partial charge is 0.262 e. The number of carbonyl (C=O) groups is 1. The molecule has 1 aromatic heterocycles. The van der Waals surface area contributed by atoms with E-state index in [-0.39, 0.29) is 38.0 Å². The number of hydrogen-bond acceptors (Lipinski definition) is 8. The van der Waals surface area contributed by atoms with Crippen molar-refractivity contribution in [1.82, 2.24) is 14.9 Å². The fourth-order valence-corrected chi connectivity index (χ4v) is 5.41. The van der Waals surface area contributed by atoms with Gasteiger partial charge in [-0.05, 0) is 41.5 Å². The van der Waals surface area contributed by atoms with E-state index in [4.69, 9.17) is 35.5 Å². The Kier molecular flexibility index (Phi) is 6.73. The van der Waals surface area contributed by atoms with Crippen molar-refractivity contribution in [2.45, 2.75) is 30.4 Å². The van der Waals surface area contributed by atoms with Gasteiger partial charge in [-0.1, -0.05) is 41.6 Å². The van der Waals surface area contributed by atoms with E-state index in [1.807, 2.05) is 42.5 Å². The van der Waals surface area contributed by atoms with Gasteiger partial charge in [-0.15, -0.1) is 0 Å². The SMILES string of the molecule is O=C(CCn1c(SCc2cccc(Cl)c2)nc2cc3c(cc2c1=O)OCO3)NCc1ccc2c(c1)OCO2. The van der Waals surface area contributed by atoms with E-state index >= 15 is 0 Å². The molecule has 0 aliphatic carbocycles. The summed E-state index contributed by atoms with van der Waals surface area (Å²) in [5.74, 6) is 2.77. The van der Waals surface area contributed by atoms with Crippen LogP contribution in [0.4, 0.5) is 0 Å². The molecule has 1 N–H and O–H groups in total. The first-order chi connectivity index (χ1) is 18.5. The summed E-state index contributed by atoms with van der Waals surface area (Å²) in [4.78, 5) is 31.0. The summed E-state index contributed by atoms with van der Waals surface area (Å²) in [6.07, 6.45) is 0.104. The number of rotatable bonds is 8. The monoisotopic (exact) mass is 551 g/mol. The first-order valence-corrected chi connectivity index (χ1v) is 13.3. The minimum absolute atomic E-state index is 0.0970. The summed E-state index contributed by atoms with van der Waals surface area (Å²) in [7, 11) is 0.